The summed E-state index contributed by atoms with van der Waals surface area (Å²) in [5.41, 5.74) is 15.9. The van der Waals surface area contributed by atoms with Crippen molar-refractivity contribution in [2.24, 2.45) is 0 Å². The first-order valence-corrected chi connectivity index (χ1v) is 18.8. The summed E-state index contributed by atoms with van der Waals surface area (Å²) in [4.78, 5) is 2.44. The van der Waals surface area contributed by atoms with Gasteiger partial charge in [-0.15, -0.1) is 0 Å². The van der Waals surface area contributed by atoms with Gasteiger partial charge >= 0.3 is 0 Å². The molecule has 0 saturated carbocycles. The number of rotatable bonds is 6. The molecule has 0 unspecified atom stereocenters. The Morgan fingerprint density at radius 2 is 0.815 bits per heavy atom. The monoisotopic (exact) mass is 689 g/mol. The van der Waals surface area contributed by atoms with Crippen LogP contribution >= 0.6 is 0 Å². The lowest BCUT2D eigenvalue weighted by molar-refractivity contribution is 0.660. The molecule has 0 radical (unpaired) electrons. The number of fused-ring (bicyclic) bond motifs is 5. The van der Waals surface area contributed by atoms with E-state index >= 15 is 0 Å². The lowest BCUT2D eigenvalue weighted by Gasteiger charge is -2.30. The molecule has 1 aliphatic carbocycles. The van der Waals surface area contributed by atoms with E-state index in [4.69, 9.17) is 0 Å². The van der Waals surface area contributed by atoms with Gasteiger partial charge in [-0.3, -0.25) is 0 Å². The molecule has 0 bridgehead atoms. The first-order chi connectivity index (χ1) is 26.5. The highest BCUT2D eigenvalue weighted by molar-refractivity contribution is 5.99. The molecule has 256 valence electrons. The Kier molecular flexibility index (Phi) is 7.56. The Balaban J connectivity index is 1.11. The van der Waals surface area contributed by atoms with E-state index in [0.29, 0.717) is 0 Å². The summed E-state index contributed by atoms with van der Waals surface area (Å²) >= 11 is 0. The molecule has 10 rings (SSSR count). The van der Waals surface area contributed by atoms with Crippen LogP contribution in [0.4, 0.5) is 17.1 Å². The summed E-state index contributed by atoms with van der Waals surface area (Å²) < 4.78 is 0. The van der Waals surface area contributed by atoms with E-state index in [9.17, 15) is 0 Å². The fraction of sp³-hybridized carbons (Fsp3) is 0.0566. The molecule has 1 nitrogen and oxygen atoms in total. The average Bonchev–Trinajstić information content (AvgIpc) is 3.46. The van der Waals surface area contributed by atoms with Gasteiger partial charge in [0.2, 0.25) is 0 Å². The van der Waals surface area contributed by atoms with Gasteiger partial charge in [0.15, 0.2) is 0 Å². The van der Waals surface area contributed by atoms with Gasteiger partial charge in [0.05, 0.1) is 5.69 Å². The van der Waals surface area contributed by atoms with Crippen molar-refractivity contribution in [3.8, 4) is 44.5 Å². The zero-order chi connectivity index (χ0) is 36.2. The Hall–Kier alpha value is -6.70. The van der Waals surface area contributed by atoms with Crippen LogP contribution in [-0.4, -0.2) is 0 Å². The molecular formula is C53H39N. The van der Waals surface area contributed by atoms with Crippen molar-refractivity contribution >= 4 is 38.6 Å². The first kappa shape index (κ1) is 32.0. The second-order valence-corrected chi connectivity index (χ2v) is 14.9. The molecule has 9 aromatic rings. The number of hydrogen-bond acceptors (Lipinski definition) is 1. The second-order valence-electron chi connectivity index (χ2n) is 14.9. The molecule has 0 aliphatic heterocycles. The van der Waals surface area contributed by atoms with Crippen LogP contribution in [0.5, 0.6) is 0 Å². The number of benzene rings is 9. The fourth-order valence-electron chi connectivity index (χ4n) is 8.73. The first-order valence-electron chi connectivity index (χ1n) is 18.8. The van der Waals surface area contributed by atoms with Gasteiger partial charge in [-0.25, -0.2) is 0 Å². The molecule has 1 heteroatoms. The summed E-state index contributed by atoms with van der Waals surface area (Å²) in [6, 6.07) is 73.4. The molecule has 0 amide bonds. The molecule has 0 saturated heterocycles. The van der Waals surface area contributed by atoms with Crippen LogP contribution in [0.1, 0.15) is 25.0 Å². The second kappa shape index (κ2) is 12.8. The van der Waals surface area contributed by atoms with Gasteiger partial charge in [0, 0.05) is 22.4 Å². The third-order valence-corrected chi connectivity index (χ3v) is 11.5. The van der Waals surface area contributed by atoms with E-state index in [1.54, 1.807) is 0 Å². The van der Waals surface area contributed by atoms with Crippen LogP contribution in [0, 0.1) is 0 Å². The van der Waals surface area contributed by atoms with Gasteiger partial charge < -0.3 is 4.90 Å². The van der Waals surface area contributed by atoms with E-state index in [-0.39, 0.29) is 5.41 Å². The largest absolute Gasteiger partial charge is 0.310 e. The van der Waals surface area contributed by atoms with Crippen molar-refractivity contribution in [2.75, 3.05) is 4.90 Å². The van der Waals surface area contributed by atoms with Gasteiger partial charge in [0.1, 0.15) is 0 Å². The van der Waals surface area contributed by atoms with Crippen molar-refractivity contribution in [1.82, 2.24) is 0 Å². The summed E-state index contributed by atoms with van der Waals surface area (Å²) in [7, 11) is 0. The van der Waals surface area contributed by atoms with Crippen molar-refractivity contribution in [3.63, 3.8) is 0 Å². The molecule has 0 aromatic heterocycles. The normalized spacial score (nSPS) is 12.8. The van der Waals surface area contributed by atoms with Crippen LogP contribution in [0.25, 0.3) is 66.1 Å². The SMILES string of the molecule is CC1(C)c2cc(-c3cccc4ccccc34)ccc2-c2ccc(N(c3ccc(-c4cccc5ccccc45)cc3)c3ccccc3-c3ccccc3)cc21. The lowest BCUT2D eigenvalue weighted by Crippen LogP contribution is -2.17. The quantitative estimate of drug-likeness (QED) is 0.168. The molecule has 0 heterocycles. The van der Waals surface area contributed by atoms with Crippen LogP contribution < -0.4 is 4.90 Å². The summed E-state index contributed by atoms with van der Waals surface area (Å²) in [5.74, 6) is 0. The van der Waals surface area contributed by atoms with E-state index in [1.165, 1.54) is 77.2 Å². The molecule has 54 heavy (non-hydrogen) atoms. The maximum Gasteiger partial charge on any atom is 0.0540 e. The minimum absolute atomic E-state index is 0.190. The van der Waals surface area contributed by atoms with E-state index in [1.807, 2.05) is 0 Å². The highest BCUT2D eigenvalue weighted by Crippen LogP contribution is 2.52. The minimum Gasteiger partial charge on any atom is -0.310 e. The van der Waals surface area contributed by atoms with E-state index < -0.39 is 0 Å². The molecule has 1 aliphatic rings. The topological polar surface area (TPSA) is 3.24 Å². The van der Waals surface area contributed by atoms with Gasteiger partial charge in [-0.05, 0) is 108 Å². The third-order valence-electron chi connectivity index (χ3n) is 11.5. The van der Waals surface area contributed by atoms with E-state index in [2.05, 4.69) is 219 Å². The minimum atomic E-state index is -0.190. The molecule has 0 spiro atoms. The highest BCUT2D eigenvalue weighted by Gasteiger charge is 2.36. The number of para-hydroxylation sites is 1. The maximum absolute atomic E-state index is 2.44. The van der Waals surface area contributed by atoms with Crippen LogP contribution in [0.15, 0.2) is 200 Å². The van der Waals surface area contributed by atoms with Crippen molar-refractivity contribution in [3.05, 3.63) is 211 Å². The zero-order valence-corrected chi connectivity index (χ0v) is 30.5. The van der Waals surface area contributed by atoms with Crippen LogP contribution in [0.3, 0.4) is 0 Å². The van der Waals surface area contributed by atoms with Gasteiger partial charge in [-0.2, -0.15) is 0 Å². The molecular weight excluding hydrogens is 651 g/mol. The highest BCUT2D eigenvalue weighted by atomic mass is 15.1. The van der Waals surface area contributed by atoms with Crippen LogP contribution in [0.2, 0.25) is 0 Å². The predicted molar refractivity (Wildman–Crippen MR) is 230 cm³/mol. The molecule has 9 aromatic carbocycles. The zero-order valence-electron chi connectivity index (χ0n) is 30.5. The van der Waals surface area contributed by atoms with Crippen LogP contribution in [-0.2, 0) is 5.41 Å². The number of anilines is 3. The number of hydrogen-bond donors (Lipinski definition) is 0. The van der Waals surface area contributed by atoms with Gasteiger partial charge in [0.25, 0.3) is 0 Å². The smallest absolute Gasteiger partial charge is 0.0540 e. The Labute approximate surface area is 317 Å². The standard InChI is InChI=1S/C53H39N/c1-53(2)50-34-40(46-24-13-19-37-17-7-9-21-44(37)46)28-32-48(50)49-33-31-42(35-51(49)53)54(52-25-11-10-22-47(52)38-14-4-3-5-15-38)41-29-26-39(27-30-41)45-23-12-18-36-16-6-8-20-43(36)45/h3-35H,1-2H3. The third kappa shape index (κ3) is 5.24. The van der Waals surface area contributed by atoms with Gasteiger partial charge in [-0.1, -0.05) is 178 Å². The predicted octanol–water partition coefficient (Wildman–Crippen LogP) is 14.8. The summed E-state index contributed by atoms with van der Waals surface area (Å²) in [6.45, 7) is 4.77. The molecule has 0 fully saturated rings. The lowest BCUT2D eigenvalue weighted by atomic mass is 9.81. The Bertz CT molecular complexity index is 2830. The fourth-order valence-corrected chi connectivity index (χ4v) is 8.73. The average molecular weight is 690 g/mol. The van der Waals surface area contributed by atoms with Crippen molar-refractivity contribution in [1.29, 1.82) is 0 Å². The van der Waals surface area contributed by atoms with Crippen molar-refractivity contribution in [2.45, 2.75) is 19.3 Å². The summed E-state index contributed by atoms with van der Waals surface area (Å²) in [5, 5.41) is 5.07. The van der Waals surface area contributed by atoms with E-state index in [0.717, 1.165) is 17.1 Å². The Morgan fingerprint density at radius 1 is 0.333 bits per heavy atom. The maximum atomic E-state index is 2.44. The summed E-state index contributed by atoms with van der Waals surface area (Å²) in [6.07, 6.45) is 0. The molecule has 0 atom stereocenters. The Morgan fingerprint density at radius 3 is 1.52 bits per heavy atom. The molecule has 0 N–H and O–H groups in total. The number of nitrogens with zero attached hydrogens (tertiary/aromatic N) is 1. The van der Waals surface area contributed by atoms with Crippen molar-refractivity contribution < 1.29 is 0 Å².